The maximum Gasteiger partial charge on any atom is 0.380 e. The van der Waals surface area contributed by atoms with E-state index in [1.807, 2.05) is 0 Å². The van der Waals surface area contributed by atoms with E-state index in [1.54, 1.807) is 0 Å². The zero-order valence-corrected chi connectivity index (χ0v) is 15.7. The molecule has 0 aromatic heterocycles. The van der Waals surface area contributed by atoms with Crippen LogP contribution in [-0.2, 0) is 23.8 Å². The van der Waals surface area contributed by atoms with Crippen molar-refractivity contribution >= 4 is 11.9 Å². The van der Waals surface area contributed by atoms with Crippen LogP contribution in [0.2, 0.25) is 0 Å². The van der Waals surface area contributed by atoms with Gasteiger partial charge in [-0.1, -0.05) is 39.0 Å². The van der Waals surface area contributed by atoms with Crippen LogP contribution in [0.25, 0.3) is 0 Å². The van der Waals surface area contributed by atoms with Gasteiger partial charge in [-0.3, -0.25) is 4.79 Å². The molecule has 5 N–H and O–H groups in total. The molecule has 2 aliphatic rings. The molecule has 0 radical (unpaired) electrons. The number of hydrogen-bond acceptors (Lipinski definition) is 9. The highest BCUT2D eigenvalue weighted by Gasteiger charge is 2.62. The number of ether oxygens (including phenoxy) is 3. The molecular formula is C18H31NO8. The van der Waals surface area contributed by atoms with E-state index in [1.165, 1.54) is 0 Å². The second-order valence-corrected chi connectivity index (χ2v) is 7.30. The quantitative estimate of drug-likeness (QED) is 0.293. The molecule has 0 saturated carbocycles. The molecule has 6 atom stereocenters. The van der Waals surface area contributed by atoms with Gasteiger partial charge in [0.2, 0.25) is 0 Å². The molecule has 0 spiro atoms. The van der Waals surface area contributed by atoms with Crippen LogP contribution in [0.3, 0.4) is 0 Å². The van der Waals surface area contributed by atoms with Gasteiger partial charge in [0.1, 0.15) is 12.2 Å². The van der Waals surface area contributed by atoms with Crippen molar-refractivity contribution in [2.24, 2.45) is 5.73 Å². The monoisotopic (exact) mass is 389 g/mol. The van der Waals surface area contributed by atoms with Crippen molar-refractivity contribution in [1.29, 1.82) is 0 Å². The van der Waals surface area contributed by atoms with Crippen LogP contribution < -0.4 is 5.73 Å². The summed E-state index contributed by atoms with van der Waals surface area (Å²) in [6, 6.07) is -0.963. The molecular weight excluding hydrogens is 358 g/mol. The van der Waals surface area contributed by atoms with Crippen LogP contribution in [0.15, 0.2) is 0 Å². The number of aliphatic hydroxyl groups excluding tert-OH is 3. The molecule has 156 valence electrons. The first-order chi connectivity index (χ1) is 12.8. The molecule has 0 aromatic rings. The molecule has 27 heavy (non-hydrogen) atoms. The minimum Gasteiger partial charge on any atom is -0.452 e. The maximum absolute atomic E-state index is 12.4. The Hall–Kier alpha value is -1.26. The van der Waals surface area contributed by atoms with Gasteiger partial charge in [-0.2, -0.15) is 0 Å². The Kier molecular flexibility index (Phi) is 7.99. The van der Waals surface area contributed by atoms with Crippen LogP contribution in [0.5, 0.6) is 0 Å². The Morgan fingerprint density at radius 2 is 2.00 bits per heavy atom. The molecule has 0 aliphatic carbocycles. The molecule has 2 aliphatic heterocycles. The lowest BCUT2D eigenvalue weighted by atomic mass is 9.87. The summed E-state index contributed by atoms with van der Waals surface area (Å²) >= 11 is 0. The Bertz CT molecular complexity index is 516. The number of rotatable bonds is 10. The number of carbonyl (C=O) groups excluding carboxylic acids is 2. The third-order valence-corrected chi connectivity index (χ3v) is 5.09. The van der Waals surface area contributed by atoms with Crippen LogP contribution >= 0.6 is 0 Å². The number of carbonyl (C=O) groups is 2. The molecule has 2 rings (SSSR count). The van der Waals surface area contributed by atoms with Gasteiger partial charge in [-0.25, -0.2) is 4.79 Å². The van der Waals surface area contributed by atoms with Gasteiger partial charge in [-0.05, 0) is 6.42 Å². The normalized spacial score (nSPS) is 34.0. The van der Waals surface area contributed by atoms with Gasteiger partial charge in [0.25, 0.3) is 0 Å². The predicted octanol–water partition coefficient (Wildman–Crippen LogP) is -0.268. The minimum absolute atomic E-state index is 0.125. The summed E-state index contributed by atoms with van der Waals surface area (Å²) in [5.74, 6) is -3.70. The van der Waals surface area contributed by atoms with E-state index in [0.29, 0.717) is 6.42 Å². The first kappa shape index (κ1) is 22.0. The number of cyclic esters (lactones) is 1. The number of esters is 2. The SMILES string of the molecule is CCCCCCCCC(=O)O[C@@]12C[C@H](O)[C@@H](N)[C@H](O1)[C@@H]([C@H](O)CO)OC2=O. The van der Waals surface area contributed by atoms with Crippen molar-refractivity contribution < 1.29 is 39.1 Å². The number of hydrogen-bond donors (Lipinski definition) is 4. The van der Waals surface area contributed by atoms with Crippen LogP contribution in [0.4, 0.5) is 0 Å². The number of nitrogens with two attached hydrogens (primary N) is 1. The molecule has 2 heterocycles. The Morgan fingerprint density at radius 3 is 2.67 bits per heavy atom. The average Bonchev–Trinajstić information content (AvgIpc) is 2.64. The zero-order chi connectivity index (χ0) is 20.0. The smallest absolute Gasteiger partial charge is 0.380 e. The van der Waals surface area contributed by atoms with E-state index in [0.717, 1.165) is 32.1 Å². The largest absolute Gasteiger partial charge is 0.452 e. The molecule has 2 fully saturated rings. The summed E-state index contributed by atoms with van der Waals surface area (Å²) in [6.45, 7) is 1.45. The topological polar surface area (TPSA) is 149 Å². The zero-order valence-electron chi connectivity index (χ0n) is 15.7. The van der Waals surface area contributed by atoms with Crippen LogP contribution in [-0.4, -0.2) is 70.1 Å². The predicted molar refractivity (Wildman–Crippen MR) is 93.3 cm³/mol. The number of aliphatic hydroxyl groups is 3. The summed E-state index contributed by atoms with van der Waals surface area (Å²) in [6.07, 6.45) is 0.779. The summed E-state index contributed by atoms with van der Waals surface area (Å²) in [5, 5.41) is 29.2. The first-order valence-electron chi connectivity index (χ1n) is 9.68. The third kappa shape index (κ3) is 5.17. The van der Waals surface area contributed by atoms with E-state index < -0.39 is 54.8 Å². The van der Waals surface area contributed by atoms with Crippen molar-refractivity contribution in [2.45, 2.75) is 94.5 Å². The molecule has 0 aromatic carbocycles. The highest BCUT2D eigenvalue weighted by Crippen LogP contribution is 2.38. The lowest BCUT2D eigenvalue weighted by molar-refractivity contribution is -0.332. The molecule has 2 saturated heterocycles. The van der Waals surface area contributed by atoms with Crippen molar-refractivity contribution in [2.75, 3.05) is 6.61 Å². The maximum atomic E-state index is 12.4. The van der Waals surface area contributed by atoms with E-state index in [-0.39, 0.29) is 12.8 Å². The lowest BCUT2D eigenvalue weighted by Gasteiger charge is -2.50. The number of fused-ring (bicyclic) bond motifs is 2. The standard InChI is InChI=1S/C18H31NO8/c1-2-3-4-5-6-7-8-13(23)26-18-9-11(21)14(19)16(27-18)15(12(22)10-20)25-17(18)24/h11-12,14-16,20-22H,2-10,19H2,1H3/t11-,12+,14+,15+,16-,18-/m0/s1. The van der Waals surface area contributed by atoms with Gasteiger partial charge < -0.3 is 35.3 Å². The van der Waals surface area contributed by atoms with Gasteiger partial charge in [0.05, 0.1) is 25.2 Å². The summed E-state index contributed by atoms with van der Waals surface area (Å²) in [5.41, 5.74) is 5.89. The van der Waals surface area contributed by atoms with Crippen LogP contribution in [0.1, 0.15) is 58.3 Å². The second kappa shape index (κ2) is 9.79. The Balaban J connectivity index is 1.96. The molecule has 9 nitrogen and oxygen atoms in total. The van der Waals surface area contributed by atoms with E-state index >= 15 is 0 Å². The number of unbranched alkanes of at least 4 members (excludes halogenated alkanes) is 5. The fourth-order valence-corrected chi connectivity index (χ4v) is 3.47. The molecule has 0 unspecified atom stereocenters. The van der Waals surface area contributed by atoms with Gasteiger partial charge in [0, 0.05) is 6.42 Å². The third-order valence-electron chi connectivity index (χ3n) is 5.09. The summed E-state index contributed by atoms with van der Waals surface area (Å²) in [7, 11) is 0. The fourth-order valence-electron chi connectivity index (χ4n) is 3.47. The highest BCUT2D eigenvalue weighted by atomic mass is 16.8. The van der Waals surface area contributed by atoms with E-state index in [9.17, 15) is 19.8 Å². The Labute approximate surface area is 158 Å². The van der Waals surface area contributed by atoms with E-state index in [4.69, 9.17) is 25.1 Å². The van der Waals surface area contributed by atoms with Crippen molar-refractivity contribution in [1.82, 2.24) is 0 Å². The highest BCUT2D eigenvalue weighted by molar-refractivity contribution is 5.83. The first-order valence-corrected chi connectivity index (χ1v) is 9.68. The van der Waals surface area contributed by atoms with Gasteiger partial charge in [-0.15, -0.1) is 0 Å². The van der Waals surface area contributed by atoms with Crippen LogP contribution in [0, 0.1) is 0 Å². The second-order valence-electron chi connectivity index (χ2n) is 7.30. The van der Waals surface area contributed by atoms with Gasteiger partial charge in [0.15, 0.2) is 6.10 Å². The minimum atomic E-state index is -2.06. The fraction of sp³-hybridized carbons (Fsp3) is 0.889. The summed E-state index contributed by atoms with van der Waals surface area (Å²) < 4.78 is 16.0. The molecule has 9 heteroatoms. The molecule has 0 amide bonds. The summed E-state index contributed by atoms with van der Waals surface area (Å²) in [4.78, 5) is 24.6. The Morgan fingerprint density at radius 1 is 1.33 bits per heavy atom. The van der Waals surface area contributed by atoms with Crippen molar-refractivity contribution in [3.8, 4) is 0 Å². The average molecular weight is 389 g/mol. The van der Waals surface area contributed by atoms with Crippen molar-refractivity contribution in [3.63, 3.8) is 0 Å². The van der Waals surface area contributed by atoms with E-state index in [2.05, 4.69) is 6.92 Å². The van der Waals surface area contributed by atoms with Gasteiger partial charge >= 0.3 is 17.7 Å². The lowest BCUT2D eigenvalue weighted by Crippen LogP contribution is -2.71. The molecule has 2 bridgehead atoms. The van der Waals surface area contributed by atoms with Crippen molar-refractivity contribution in [3.05, 3.63) is 0 Å².